The molecular formula is C28H46N2. The molecule has 1 aromatic rings. The average molecular weight is 411 g/mol. The number of allylic oxidation sites excluding steroid dienone is 2. The maximum atomic E-state index is 3.51. The van der Waals surface area contributed by atoms with Crippen LogP contribution in [0.5, 0.6) is 0 Å². The first-order chi connectivity index (χ1) is 14.7. The Morgan fingerprint density at radius 3 is 2.00 bits per heavy atom. The first-order valence-electron chi connectivity index (χ1n) is 12.9. The molecule has 30 heavy (non-hydrogen) atoms. The summed E-state index contributed by atoms with van der Waals surface area (Å²) < 4.78 is 0. The summed E-state index contributed by atoms with van der Waals surface area (Å²) >= 11 is 0. The molecule has 1 aliphatic heterocycles. The van der Waals surface area contributed by atoms with Gasteiger partial charge in [0.25, 0.3) is 0 Å². The normalized spacial score (nSPS) is 13.9. The van der Waals surface area contributed by atoms with E-state index in [9.17, 15) is 0 Å². The van der Waals surface area contributed by atoms with Crippen LogP contribution >= 0.6 is 0 Å². The van der Waals surface area contributed by atoms with Gasteiger partial charge < -0.3 is 9.80 Å². The monoisotopic (exact) mass is 410 g/mol. The van der Waals surface area contributed by atoms with E-state index in [1.54, 1.807) is 5.57 Å². The lowest BCUT2D eigenvalue weighted by Gasteiger charge is -2.16. The predicted molar refractivity (Wildman–Crippen MR) is 135 cm³/mol. The highest BCUT2D eigenvalue weighted by molar-refractivity contribution is 5.82. The molecule has 1 aromatic carbocycles. The third-order valence-corrected chi connectivity index (χ3v) is 6.30. The molecule has 2 heteroatoms. The van der Waals surface area contributed by atoms with Crippen LogP contribution in [0.1, 0.15) is 117 Å². The summed E-state index contributed by atoms with van der Waals surface area (Å²) in [5.41, 5.74) is 5.62. The Labute approximate surface area is 187 Å². The number of hydrogen-bond acceptors (Lipinski definition) is 2. The molecule has 168 valence electrons. The molecule has 0 saturated carbocycles. The van der Waals surface area contributed by atoms with Crippen molar-refractivity contribution in [1.82, 2.24) is 0 Å². The van der Waals surface area contributed by atoms with Gasteiger partial charge in [-0.2, -0.15) is 0 Å². The molecule has 0 atom stereocenters. The standard InChI is InChI=1S/C28H46N2/c1-5-9-11-13-15-17-19-25(20-18-16-14-12-10-6-2)26-21-22-27-28(23-26)30(8-4)24-29(27)7-3/h19,21-23H,5-18,20H2,1-4H3/b25-19-. The summed E-state index contributed by atoms with van der Waals surface area (Å²) in [6.07, 6.45) is 20.0. The lowest BCUT2D eigenvalue weighted by Crippen LogP contribution is -2.24. The Morgan fingerprint density at radius 1 is 0.733 bits per heavy atom. The van der Waals surface area contributed by atoms with E-state index in [1.165, 1.54) is 100 Å². The minimum atomic E-state index is 0.973. The van der Waals surface area contributed by atoms with Crippen LogP contribution < -0.4 is 9.80 Å². The zero-order valence-electron chi connectivity index (χ0n) is 20.3. The maximum absolute atomic E-state index is 3.51. The first-order valence-corrected chi connectivity index (χ1v) is 12.9. The van der Waals surface area contributed by atoms with E-state index < -0.39 is 0 Å². The van der Waals surface area contributed by atoms with Crippen molar-refractivity contribution in [2.75, 3.05) is 22.9 Å². The third kappa shape index (κ3) is 7.67. The molecule has 0 saturated heterocycles. The number of hydrogen-bond donors (Lipinski definition) is 0. The molecule has 0 aliphatic carbocycles. The summed E-state index contributed by atoms with van der Waals surface area (Å²) in [6.45, 7) is 14.5. The number of benzene rings is 1. The molecule has 0 spiro atoms. The van der Waals surface area contributed by atoms with Crippen molar-refractivity contribution < 1.29 is 0 Å². The Morgan fingerprint density at radius 2 is 1.33 bits per heavy atom. The van der Waals surface area contributed by atoms with Crippen LogP contribution in [-0.4, -0.2) is 13.1 Å². The summed E-state index contributed by atoms with van der Waals surface area (Å²) in [4.78, 5) is 4.52. The maximum Gasteiger partial charge on any atom is 0.208 e. The van der Waals surface area contributed by atoms with Gasteiger partial charge in [0, 0.05) is 13.1 Å². The van der Waals surface area contributed by atoms with Crippen LogP contribution in [0.2, 0.25) is 0 Å². The van der Waals surface area contributed by atoms with Crippen molar-refractivity contribution in [3.63, 3.8) is 0 Å². The Kier molecular flexibility index (Phi) is 12.0. The van der Waals surface area contributed by atoms with Gasteiger partial charge in [-0.1, -0.05) is 83.8 Å². The molecule has 2 radical (unpaired) electrons. The molecule has 2 rings (SSSR count). The summed E-state index contributed by atoms with van der Waals surface area (Å²) in [6, 6.07) is 7.08. The predicted octanol–water partition coefficient (Wildman–Crippen LogP) is 8.84. The molecule has 1 aliphatic rings. The van der Waals surface area contributed by atoms with Crippen molar-refractivity contribution in [1.29, 1.82) is 0 Å². The molecule has 0 aromatic heterocycles. The number of fused-ring (bicyclic) bond motifs is 1. The highest BCUT2D eigenvalue weighted by Crippen LogP contribution is 2.40. The van der Waals surface area contributed by atoms with E-state index in [1.807, 2.05) is 0 Å². The van der Waals surface area contributed by atoms with Crippen LogP contribution in [0, 0.1) is 6.67 Å². The lowest BCUT2D eigenvalue weighted by atomic mass is 9.96. The van der Waals surface area contributed by atoms with Gasteiger partial charge >= 0.3 is 0 Å². The van der Waals surface area contributed by atoms with Crippen molar-refractivity contribution in [3.8, 4) is 0 Å². The lowest BCUT2D eigenvalue weighted by molar-refractivity contribution is 0.612. The van der Waals surface area contributed by atoms with Crippen LogP contribution in [0.25, 0.3) is 5.57 Å². The fourth-order valence-corrected chi connectivity index (χ4v) is 4.39. The second-order valence-electron chi connectivity index (χ2n) is 8.74. The number of nitrogens with zero attached hydrogens (tertiary/aromatic N) is 2. The van der Waals surface area contributed by atoms with E-state index in [2.05, 4.69) is 68.4 Å². The zero-order chi connectivity index (χ0) is 21.6. The zero-order valence-corrected chi connectivity index (χ0v) is 20.3. The Bertz CT molecular complexity index is 619. The first kappa shape index (κ1) is 24.8. The smallest absolute Gasteiger partial charge is 0.208 e. The molecule has 0 unspecified atom stereocenters. The van der Waals surface area contributed by atoms with E-state index in [0.717, 1.165) is 13.1 Å². The van der Waals surface area contributed by atoms with E-state index in [-0.39, 0.29) is 0 Å². The second-order valence-corrected chi connectivity index (χ2v) is 8.74. The van der Waals surface area contributed by atoms with Crippen molar-refractivity contribution in [2.45, 2.75) is 111 Å². The number of rotatable bonds is 16. The summed E-state index contributed by atoms with van der Waals surface area (Å²) in [7, 11) is 0. The SMILES string of the molecule is CCCCCCC/C=C(/CCCCCCCC)c1ccc2c(c1)N(CC)[C]N2CC. The number of unbranched alkanes of at least 4 members (excludes halogenated alkanes) is 10. The van der Waals surface area contributed by atoms with Crippen LogP contribution in [0.15, 0.2) is 24.3 Å². The highest BCUT2D eigenvalue weighted by Gasteiger charge is 2.25. The van der Waals surface area contributed by atoms with Gasteiger partial charge in [-0.25, -0.2) is 0 Å². The minimum absolute atomic E-state index is 0.973. The molecule has 2 nitrogen and oxygen atoms in total. The Hall–Kier alpha value is -1.44. The molecule has 0 amide bonds. The van der Waals surface area contributed by atoms with E-state index >= 15 is 0 Å². The minimum Gasteiger partial charge on any atom is -0.340 e. The van der Waals surface area contributed by atoms with Gasteiger partial charge in [0.05, 0.1) is 11.4 Å². The van der Waals surface area contributed by atoms with Crippen LogP contribution in [0.3, 0.4) is 0 Å². The van der Waals surface area contributed by atoms with Crippen LogP contribution in [-0.2, 0) is 0 Å². The number of anilines is 2. The van der Waals surface area contributed by atoms with E-state index in [0.29, 0.717) is 0 Å². The van der Waals surface area contributed by atoms with Gasteiger partial charge in [0.2, 0.25) is 6.67 Å². The molecule has 0 bridgehead atoms. The van der Waals surface area contributed by atoms with Gasteiger partial charge in [0.1, 0.15) is 0 Å². The summed E-state index contributed by atoms with van der Waals surface area (Å²) in [5, 5.41) is 0. The summed E-state index contributed by atoms with van der Waals surface area (Å²) in [5.74, 6) is 0. The van der Waals surface area contributed by atoms with Gasteiger partial charge in [0.15, 0.2) is 0 Å². The molecule has 0 fully saturated rings. The van der Waals surface area contributed by atoms with Crippen molar-refractivity contribution in [2.24, 2.45) is 0 Å². The second kappa shape index (κ2) is 14.5. The highest BCUT2D eigenvalue weighted by atomic mass is 15.4. The van der Waals surface area contributed by atoms with Gasteiger partial charge in [-0.05, 0) is 62.8 Å². The third-order valence-electron chi connectivity index (χ3n) is 6.30. The molecule has 1 heterocycles. The van der Waals surface area contributed by atoms with Crippen LogP contribution in [0.4, 0.5) is 11.4 Å². The molecule has 0 N–H and O–H groups in total. The van der Waals surface area contributed by atoms with E-state index in [4.69, 9.17) is 0 Å². The van der Waals surface area contributed by atoms with Gasteiger partial charge in [-0.3, -0.25) is 0 Å². The van der Waals surface area contributed by atoms with Gasteiger partial charge in [-0.15, -0.1) is 0 Å². The fraction of sp³-hybridized carbons (Fsp3) is 0.679. The fourth-order valence-electron chi connectivity index (χ4n) is 4.39. The van der Waals surface area contributed by atoms with Crippen molar-refractivity contribution >= 4 is 16.9 Å². The Balaban J connectivity index is 2.05. The molecular weight excluding hydrogens is 364 g/mol. The largest absolute Gasteiger partial charge is 0.340 e. The topological polar surface area (TPSA) is 6.48 Å². The quantitative estimate of drug-likeness (QED) is 0.251. The van der Waals surface area contributed by atoms with Crippen molar-refractivity contribution in [3.05, 3.63) is 36.5 Å². The average Bonchev–Trinajstić information content (AvgIpc) is 3.14.